The van der Waals surface area contributed by atoms with E-state index < -0.39 is 16.4 Å². The number of hydrogen-bond acceptors (Lipinski definition) is 7. The molecule has 4 heterocycles. The standard InChI is InChI=1S/C18H20F2N6O3S/c1-30(27,28)23-9-13-11-25(6-7-29-13)12-4-5-21-15(8-12)16-10-22-17-3-2-14(18(19)20)24-26(16)17/h2-5,8,10,13,18,23H,6-7,9,11H2,1H3/t13-/m1/s1. The Morgan fingerprint density at radius 2 is 2.13 bits per heavy atom. The topological polar surface area (TPSA) is 102 Å². The van der Waals surface area contributed by atoms with E-state index in [4.69, 9.17) is 4.74 Å². The molecule has 4 rings (SSSR count). The van der Waals surface area contributed by atoms with Crippen LogP contribution in [0.3, 0.4) is 0 Å². The summed E-state index contributed by atoms with van der Waals surface area (Å²) in [5.41, 5.74) is 1.99. The molecular weight excluding hydrogens is 418 g/mol. The summed E-state index contributed by atoms with van der Waals surface area (Å²) in [6.07, 6.45) is 1.29. The zero-order chi connectivity index (χ0) is 21.3. The molecule has 30 heavy (non-hydrogen) atoms. The van der Waals surface area contributed by atoms with Crippen molar-refractivity contribution in [3.8, 4) is 11.4 Å². The second-order valence-electron chi connectivity index (χ2n) is 6.93. The number of fused-ring (bicyclic) bond motifs is 1. The first-order valence-electron chi connectivity index (χ1n) is 9.20. The number of aromatic nitrogens is 4. The number of halogens is 2. The molecule has 0 unspecified atom stereocenters. The molecule has 1 aliphatic rings. The maximum absolute atomic E-state index is 13.0. The van der Waals surface area contributed by atoms with Crippen LogP contribution in [0.25, 0.3) is 17.0 Å². The van der Waals surface area contributed by atoms with Gasteiger partial charge in [-0.25, -0.2) is 31.4 Å². The van der Waals surface area contributed by atoms with Crippen LogP contribution < -0.4 is 9.62 Å². The van der Waals surface area contributed by atoms with Gasteiger partial charge in [-0.3, -0.25) is 4.98 Å². The molecule has 0 spiro atoms. The molecule has 12 heteroatoms. The fourth-order valence-electron chi connectivity index (χ4n) is 3.26. The second-order valence-corrected chi connectivity index (χ2v) is 8.76. The number of nitrogens with zero attached hydrogens (tertiary/aromatic N) is 5. The molecule has 0 aromatic carbocycles. The van der Waals surface area contributed by atoms with E-state index in [1.54, 1.807) is 12.4 Å². The van der Waals surface area contributed by atoms with Gasteiger partial charge < -0.3 is 9.64 Å². The molecular formula is C18H20F2N6O3S. The molecule has 3 aromatic heterocycles. The minimum atomic E-state index is -3.30. The lowest BCUT2D eigenvalue weighted by Gasteiger charge is -2.34. The number of alkyl halides is 2. The first-order valence-corrected chi connectivity index (χ1v) is 11.1. The highest BCUT2D eigenvalue weighted by Gasteiger charge is 2.22. The third-order valence-electron chi connectivity index (χ3n) is 4.69. The molecule has 0 saturated carbocycles. The summed E-state index contributed by atoms with van der Waals surface area (Å²) >= 11 is 0. The van der Waals surface area contributed by atoms with Crippen LogP contribution >= 0.6 is 0 Å². The predicted molar refractivity (Wildman–Crippen MR) is 106 cm³/mol. The van der Waals surface area contributed by atoms with Gasteiger partial charge in [-0.2, -0.15) is 5.10 Å². The van der Waals surface area contributed by atoms with Gasteiger partial charge in [-0.05, 0) is 24.3 Å². The molecule has 1 aliphatic heterocycles. The quantitative estimate of drug-likeness (QED) is 0.622. The summed E-state index contributed by atoms with van der Waals surface area (Å²) in [4.78, 5) is 10.6. The second kappa shape index (κ2) is 8.20. The van der Waals surface area contributed by atoms with Crippen LogP contribution in [-0.2, 0) is 14.8 Å². The van der Waals surface area contributed by atoms with Crippen molar-refractivity contribution in [2.75, 3.05) is 37.4 Å². The monoisotopic (exact) mass is 438 g/mol. The number of hydrogen-bond donors (Lipinski definition) is 1. The van der Waals surface area contributed by atoms with Gasteiger partial charge in [0.15, 0.2) is 5.65 Å². The molecule has 1 saturated heterocycles. The molecule has 0 aliphatic carbocycles. The Morgan fingerprint density at radius 3 is 2.90 bits per heavy atom. The average Bonchev–Trinajstić information content (AvgIpc) is 3.15. The molecule has 3 aromatic rings. The minimum Gasteiger partial charge on any atom is -0.373 e. The fourth-order valence-corrected chi connectivity index (χ4v) is 3.75. The largest absolute Gasteiger partial charge is 0.373 e. The van der Waals surface area contributed by atoms with Gasteiger partial charge in [0.1, 0.15) is 11.4 Å². The Bertz CT molecular complexity index is 1150. The lowest BCUT2D eigenvalue weighted by molar-refractivity contribution is 0.0443. The summed E-state index contributed by atoms with van der Waals surface area (Å²) in [7, 11) is -3.30. The number of nitrogens with one attached hydrogen (secondary N) is 1. The van der Waals surface area contributed by atoms with Gasteiger partial charge in [0, 0.05) is 31.5 Å². The third-order valence-corrected chi connectivity index (χ3v) is 5.38. The summed E-state index contributed by atoms with van der Waals surface area (Å²) in [5.74, 6) is 0. The summed E-state index contributed by atoms with van der Waals surface area (Å²) in [6.45, 7) is 1.75. The van der Waals surface area contributed by atoms with Crippen LogP contribution in [0.15, 0.2) is 36.7 Å². The van der Waals surface area contributed by atoms with E-state index in [9.17, 15) is 17.2 Å². The van der Waals surface area contributed by atoms with E-state index in [0.717, 1.165) is 11.9 Å². The highest BCUT2D eigenvalue weighted by Crippen LogP contribution is 2.25. The van der Waals surface area contributed by atoms with E-state index in [1.165, 1.54) is 16.6 Å². The third kappa shape index (κ3) is 4.55. The molecule has 1 N–H and O–H groups in total. The number of morpholine rings is 1. The highest BCUT2D eigenvalue weighted by molar-refractivity contribution is 7.88. The van der Waals surface area contributed by atoms with E-state index in [0.29, 0.717) is 36.7 Å². The predicted octanol–water partition coefficient (Wildman–Crippen LogP) is 1.48. The van der Waals surface area contributed by atoms with Gasteiger partial charge in [-0.1, -0.05) is 0 Å². The average molecular weight is 438 g/mol. The number of ether oxygens (including phenoxy) is 1. The maximum atomic E-state index is 13.0. The number of imidazole rings is 1. The van der Waals surface area contributed by atoms with E-state index in [-0.39, 0.29) is 18.3 Å². The highest BCUT2D eigenvalue weighted by atomic mass is 32.2. The maximum Gasteiger partial charge on any atom is 0.282 e. The van der Waals surface area contributed by atoms with Crippen LogP contribution in [0.1, 0.15) is 12.1 Å². The first-order chi connectivity index (χ1) is 14.3. The summed E-state index contributed by atoms with van der Waals surface area (Å²) in [6, 6.07) is 6.39. The van der Waals surface area contributed by atoms with Crippen molar-refractivity contribution in [1.29, 1.82) is 0 Å². The van der Waals surface area contributed by atoms with Gasteiger partial charge in [-0.15, -0.1) is 0 Å². The Hall–Kier alpha value is -2.70. The van der Waals surface area contributed by atoms with Crippen LogP contribution in [0, 0.1) is 0 Å². The van der Waals surface area contributed by atoms with Crippen LogP contribution in [-0.4, -0.2) is 66.6 Å². The number of rotatable bonds is 6. The molecule has 0 radical (unpaired) electrons. The Morgan fingerprint density at radius 1 is 1.30 bits per heavy atom. The van der Waals surface area contributed by atoms with Crippen LogP contribution in [0.5, 0.6) is 0 Å². The minimum absolute atomic E-state index is 0.181. The molecule has 9 nitrogen and oxygen atoms in total. The Kier molecular flexibility index (Phi) is 5.62. The lowest BCUT2D eigenvalue weighted by Crippen LogP contribution is -2.47. The van der Waals surface area contributed by atoms with Gasteiger partial charge in [0.2, 0.25) is 10.0 Å². The number of pyridine rings is 1. The zero-order valence-corrected chi connectivity index (χ0v) is 16.9. The first kappa shape index (κ1) is 20.6. The van der Waals surface area contributed by atoms with Crippen molar-refractivity contribution in [1.82, 2.24) is 24.3 Å². The SMILES string of the molecule is CS(=O)(=O)NC[C@@H]1CN(c2ccnc(-c3cnc4ccc(C(F)F)nn34)c2)CCO1. The van der Waals surface area contributed by atoms with Gasteiger partial charge >= 0.3 is 0 Å². The van der Waals surface area contributed by atoms with Crippen molar-refractivity contribution < 1.29 is 21.9 Å². The fraction of sp³-hybridized carbons (Fsp3) is 0.389. The van der Waals surface area contributed by atoms with Crippen molar-refractivity contribution in [2.24, 2.45) is 0 Å². The van der Waals surface area contributed by atoms with Gasteiger partial charge in [0.25, 0.3) is 6.43 Å². The van der Waals surface area contributed by atoms with Gasteiger partial charge in [0.05, 0.1) is 30.9 Å². The molecule has 1 fully saturated rings. The summed E-state index contributed by atoms with van der Waals surface area (Å²) < 4.78 is 58.2. The van der Waals surface area contributed by atoms with E-state index in [1.807, 2.05) is 12.1 Å². The number of anilines is 1. The normalized spacial score (nSPS) is 17.7. The van der Waals surface area contributed by atoms with Crippen LogP contribution in [0.2, 0.25) is 0 Å². The van der Waals surface area contributed by atoms with Crippen molar-refractivity contribution in [3.05, 3.63) is 42.4 Å². The molecule has 0 amide bonds. The molecule has 160 valence electrons. The van der Waals surface area contributed by atoms with Crippen molar-refractivity contribution in [2.45, 2.75) is 12.5 Å². The Labute approximate surface area is 171 Å². The molecule has 1 atom stereocenters. The zero-order valence-electron chi connectivity index (χ0n) is 16.1. The van der Waals surface area contributed by atoms with E-state index >= 15 is 0 Å². The number of sulfonamides is 1. The van der Waals surface area contributed by atoms with E-state index in [2.05, 4.69) is 24.7 Å². The smallest absolute Gasteiger partial charge is 0.282 e. The van der Waals surface area contributed by atoms with Crippen LogP contribution in [0.4, 0.5) is 14.5 Å². The van der Waals surface area contributed by atoms with Crippen molar-refractivity contribution >= 4 is 21.4 Å². The molecule has 0 bridgehead atoms. The van der Waals surface area contributed by atoms with Crippen molar-refractivity contribution in [3.63, 3.8) is 0 Å². The lowest BCUT2D eigenvalue weighted by atomic mass is 10.2. The Balaban J connectivity index is 1.59. The summed E-state index contributed by atoms with van der Waals surface area (Å²) in [5, 5.41) is 3.98.